The first-order chi connectivity index (χ1) is 6.29. The van der Waals surface area contributed by atoms with Crippen LogP contribution < -0.4 is 0 Å². The van der Waals surface area contributed by atoms with Gasteiger partial charge in [0.05, 0.1) is 4.90 Å². The van der Waals surface area contributed by atoms with Crippen LogP contribution >= 0.6 is 11.8 Å². The van der Waals surface area contributed by atoms with Crippen LogP contribution in [0, 0.1) is 13.8 Å². The van der Waals surface area contributed by atoms with Crippen LogP contribution in [0.5, 0.6) is 5.75 Å². The third kappa shape index (κ3) is 2.83. The number of phenolic OH excluding ortho intramolecular Hbond substituents is 1. The van der Waals surface area contributed by atoms with Crippen LogP contribution in [0.3, 0.4) is 0 Å². The lowest BCUT2D eigenvalue weighted by molar-refractivity contribution is -0.0329. The Hall–Kier alpha value is -0.840. The fourth-order valence-electron chi connectivity index (χ4n) is 1.18. The summed E-state index contributed by atoms with van der Waals surface area (Å²) in [6, 6.07) is 2.93. The maximum atomic E-state index is 12.1. The van der Waals surface area contributed by atoms with E-state index in [0.717, 1.165) is 5.56 Å². The number of aryl methyl sites for hydroxylation is 2. The molecule has 1 rings (SSSR count). The molecule has 0 saturated carbocycles. The highest BCUT2D eigenvalue weighted by Crippen LogP contribution is 2.43. The SMILES string of the molecule is Cc1cc(C)c(SC(F)(F)F)c(O)c1. The van der Waals surface area contributed by atoms with Crippen molar-refractivity contribution in [2.24, 2.45) is 0 Å². The van der Waals surface area contributed by atoms with Crippen LogP contribution in [0.25, 0.3) is 0 Å². The quantitative estimate of drug-likeness (QED) is 0.732. The number of phenols is 1. The average Bonchev–Trinajstić information content (AvgIpc) is 1.95. The van der Waals surface area contributed by atoms with Gasteiger partial charge in [0.25, 0.3) is 0 Å². The third-order valence-corrected chi connectivity index (χ3v) is 2.58. The van der Waals surface area contributed by atoms with Crippen molar-refractivity contribution < 1.29 is 18.3 Å². The molecule has 0 aliphatic rings. The molecule has 0 aromatic heterocycles. The molecule has 0 spiro atoms. The monoisotopic (exact) mass is 222 g/mol. The number of hydrogen-bond acceptors (Lipinski definition) is 2. The van der Waals surface area contributed by atoms with Crippen molar-refractivity contribution in [1.29, 1.82) is 0 Å². The zero-order valence-corrected chi connectivity index (χ0v) is 8.46. The summed E-state index contributed by atoms with van der Waals surface area (Å²) < 4.78 is 36.2. The van der Waals surface area contributed by atoms with E-state index >= 15 is 0 Å². The van der Waals surface area contributed by atoms with Crippen molar-refractivity contribution >= 4 is 11.8 Å². The Morgan fingerprint density at radius 2 is 1.79 bits per heavy atom. The second-order valence-electron chi connectivity index (χ2n) is 2.98. The minimum atomic E-state index is -4.36. The van der Waals surface area contributed by atoms with E-state index in [4.69, 9.17) is 0 Å². The number of aromatic hydroxyl groups is 1. The Morgan fingerprint density at radius 3 is 2.21 bits per heavy atom. The molecule has 1 aromatic rings. The van der Waals surface area contributed by atoms with Crippen LogP contribution in [0.1, 0.15) is 11.1 Å². The van der Waals surface area contributed by atoms with Crippen molar-refractivity contribution in [3.63, 3.8) is 0 Å². The first kappa shape index (κ1) is 11.2. The van der Waals surface area contributed by atoms with Crippen LogP contribution in [-0.2, 0) is 0 Å². The number of thioether (sulfide) groups is 1. The summed E-state index contributed by atoms with van der Waals surface area (Å²) >= 11 is -0.287. The van der Waals surface area contributed by atoms with E-state index in [1.165, 1.54) is 6.07 Å². The van der Waals surface area contributed by atoms with E-state index in [1.807, 2.05) is 0 Å². The molecule has 1 N–H and O–H groups in total. The van der Waals surface area contributed by atoms with Crippen molar-refractivity contribution in [2.75, 3.05) is 0 Å². The highest BCUT2D eigenvalue weighted by molar-refractivity contribution is 8.00. The Balaban J connectivity index is 3.09. The minimum absolute atomic E-state index is 0.122. The van der Waals surface area contributed by atoms with Gasteiger partial charge in [-0.15, -0.1) is 0 Å². The summed E-state index contributed by atoms with van der Waals surface area (Å²) in [4.78, 5) is -0.122. The Bertz CT molecular complexity index is 323. The normalized spacial score (nSPS) is 11.8. The highest BCUT2D eigenvalue weighted by atomic mass is 32.2. The standard InChI is InChI=1S/C9H9F3OS/c1-5-3-6(2)8(7(13)4-5)14-9(10,11)12/h3-4,13H,1-2H3. The second-order valence-corrected chi connectivity index (χ2v) is 4.05. The molecule has 1 nitrogen and oxygen atoms in total. The molecule has 1 aromatic carbocycles. The maximum absolute atomic E-state index is 12.1. The van der Waals surface area contributed by atoms with Crippen molar-refractivity contribution in [1.82, 2.24) is 0 Å². The minimum Gasteiger partial charge on any atom is -0.507 e. The number of halogens is 3. The van der Waals surface area contributed by atoms with Gasteiger partial charge in [0.15, 0.2) is 0 Å². The number of benzene rings is 1. The van der Waals surface area contributed by atoms with E-state index in [9.17, 15) is 18.3 Å². The van der Waals surface area contributed by atoms with Gasteiger partial charge in [0, 0.05) is 0 Å². The van der Waals surface area contributed by atoms with Gasteiger partial charge in [-0.2, -0.15) is 13.2 Å². The smallest absolute Gasteiger partial charge is 0.446 e. The van der Waals surface area contributed by atoms with Gasteiger partial charge in [-0.3, -0.25) is 0 Å². The van der Waals surface area contributed by atoms with Crippen LogP contribution in [0.2, 0.25) is 0 Å². The predicted molar refractivity (Wildman–Crippen MR) is 49.5 cm³/mol. The van der Waals surface area contributed by atoms with Crippen LogP contribution in [-0.4, -0.2) is 10.6 Å². The van der Waals surface area contributed by atoms with E-state index in [2.05, 4.69) is 0 Å². The average molecular weight is 222 g/mol. The van der Waals surface area contributed by atoms with Gasteiger partial charge in [-0.25, -0.2) is 0 Å². The van der Waals surface area contributed by atoms with Crippen molar-refractivity contribution in [3.05, 3.63) is 23.3 Å². The third-order valence-electron chi connectivity index (χ3n) is 1.62. The maximum Gasteiger partial charge on any atom is 0.446 e. The van der Waals surface area contributed by atoms with E-state index in [1.54, 1.807) is 19.9 Å². The fourth-order valence-corrected chi connectivity index (χ4v) is 1.80. The zero-order valence-electron chi connectivity index (χ0n) is 7.64. The second kappa shape index (κ2) is 3.73. The largest absolute Gasteiger partial charge is 0.507 e. The van der Waals surface area contributed by atoms with Gasteiger partial charge in [-0.1, -0.05) is 6.07 Å². The molecule has 78 valence electrons. The van der Waals surface area contributed by atoms with Crippen molar-refractivity contribution in [3.8, 4) is 5.75 Å². The number of hydrogen-bond donors (Lipinski definition) is 1. The van der Waals surface area contributed by atoms with E-state index in [0.29, 0.717) is 5.56 Å². The van der Waals surface area contributed by atoms with Gasteiger partial charge >= 0.3 is 5.51 Å². The summed E-state index contributed by atoms with van der Waals surface area (Å²) in [5.41, 5.74) is -3.19. The lowest BCUT2D eigenvalue weighted by Gasteiger charge is -2.10. The summed E-state index contributed by atoms with van der Waals surface area (Å²) in [6.45, 7) is 3.26. The number of alkyl halides is 3. The van der Waals surface area contributed by atoms with E-state index < -0.39 is 5.51 Å². The van der Waals surface area contributed by atoms with Gasteiger partial charge < -0.3 is 5.11 Å². The van der Waals surface area contributed by atoms with Gasteiger partial charge in [0.2, 0.25) is 0 Å². The molecule has 0 amide bonds. The van der Waals surface area contributed by atoms with Gasteiger partial charge in [0.1, 0.15) is 5.75 Å². The Kier molecular flexibility index (Phi) is 2.99. The predicted octanol–water partition coefficient (Wildman–Crippen LogP) is 3.62. The molecular formula is C9H9F3OS. The summed E-state index contributed by atoms with van der Waals surface area (Å²) in [5.74, 6) is -0.315. The topological polar surface area (TPSA) is 20.2 Å². The molecule has 0 aliphatic carbocycles. The Morgan fingerprint density at radius 1 is 1.21 bits per heavy atom. The number of rotatable bonds is 1. The Labute approximate surface area is 83.9 Å². The van der Waals surface area contributed by atoms with Gasteiger partial charge in [-0.05, 0) is 42.8 Å². The first-order valence-corrected chi connectivity index (χ1v) is 4.67. The molecule has 0 atom stereocenters. The summed E-state index contributed by atoms with van der Waals surface area (Å²) in [6.07, 6.45) is 0. The van der Waals surface area contributed by atoms with Crippen molar-refractivity contribution in [2.45, 2.75) is 24.3 Å². The highest BCUT2D eigenvalue weighted by Gasteiger charge is 2.31. The lowest BCUT2D eigenvalue weighted by atomic mass is 10.1. The molecule has 0 heterocycles. The summed E-state index contributed by atoms with van der Waals surface area (Å²) in [5, 5.41) is 9.31. The molecule has 0 radical (unpaired) electrons. The molecule has 5 heteroatoms. The first-order valence-electron chi connectivity index (χ1n) is 3.85. The molecule has 14 heavy (non-hydrogen) atoms. The lowest BCUT2D eigenvalue weighted by Crippen LogP contribution is -2.00. The molecule has 0 bridgehead atoms. The molecule has 0 saturated heterocycles. The van der Waals surface area contributed by atoms with E-state index in [-0.39, 0.29) is 22.4 Å². The molecule has 0 fully saturated rings. The van der Waals surface area contributed by atoms with Crippen LogP contribution in [0.4, 0.5) is 13.2 Å². The summed E-state index contributed by atoms with van der Waals surface area (Å²) in [7, 11) is 0. The zero-order chi connectivity index (χ0) is 10.9. The molecule has 0 unspecified atom stereocenters. The molecular weight excluding hydrogens is 213 g/mol. The molecule has 0 aliphatic heterocycles. The van der Waals surface area contributed by atoms with Crippen LogP contribution in [0.15, 0.2) is 17.0 Å². The fraction of sp³-hybridized carbons (Fsp3) is 0.333.